The van der Waals surface area contributed by atoms with Crippen LogP contribution in [-0.2, 0) is 0 Å². The van der Waals surface area contributed by atoms with Gasteiger partial charge in [-0.05, 0) is 24.3 Å². The Morgan fingerprint density at radius 1 is 0.682 bits per heavy atom. The highest BCUT2D eigenvalue weighted by atomic mass is 16.4. The van der Waals surface area contributed by atoms with E-state index >= 15 is 0 Å². The lowest BCUT2D eigenvalue weighted by molar-refractivity contribution is 0.500. The molecular formula is C16H7NO5. The van der Waals surface area contributed by atoms with Crippen molar-refractivity contribution in [1.82, 2.24) is 4.57 Å². The van der Waals surface area contributed by atoms with Gasteiger partial charge in [0.25, 0.3) is 11.1 Å². The van der Waals surface area contributed by atoms with E-state index in [1.54, 1.807) is 30.3 Å². The van der Waals surface area contributed by atoms with Gasteiger partial charge in [-0.25, -0.2) is 14.2 Å². The van der Waals surface area contributed by atoms with Crippen molar-refractivity contribution in [3.05, 3.63) is 84.0 Å². The van der Waals surface area contributed by atoms with Crippen molar-refractivity contribution in [2.45, 2.75) is 0 Å². The van der Waals surface area contributed by atoms with E-state index in [0.717, 1.165) is 4.57 Å². The van der Waals surface area contributed by atoms with Gasteiger partial charge in [-0.2, -0.15) is 0 Å². The third-order valence-corrected chi connectivity index (χ3v) is 3.66. The van der Waals surface area contributed by atoms with Crippen LogP contribution in [0.25, 0.3) is 27.2 Å². The SMILES string of the molecule is O=c1oc(=O)c2cc3c(=O)n(-c4ccccc4)c(=O)c3cc12. The molecule has 0 aliphatic rings. The molecule has 2 aromatic heterocycles. The van der Waals surface area contributed by atoms with Crippen molar-refractivity contribution in [2.24, 2.45) is 0 Å². The van der Waals surface area contributed by atoms with E-state index in [9.17, 15) is 19.2 Å². The Labute approximate surface area is 121 Å². The number of benzene rings is 2. The summed E-state index contributed by atoms with van der Waals surface area (Å²) in [6, 6.07) is 11.0. The van der Waals surface area contributed by atoms with Crippen LogP contribution in [0.1, 0.15) is 0 Å². The molecule has 0 saturated heterocycles. The summed E-state index contributed by atoms with van der Waals surface area (Å²) >= 11 is 0. The third kappa shape index (κ3) is 1.49. The van der Waals surface area contributed by atoms with Crippen molar-refractivity contribution in [3.8, 4) is 5.69 Å². The fourth-order valence-electron chi connectivity index (χ4n) is 2.63. The summed E-state index contributed by atoms with van der Waals surface area (Å²) in [6.45, 7) is 0. The lowest BCUT2D eigenvalue weighted by Gasteiger charge is -1.97. The first kappa shape index (κ1) is 12.5. The van der Waals surface area contributed by atoms with Crippen LogP contribution in [0.3, 0.4) is 0 Å². The van der Waals surface area contributed by atoms with Crippen LogP contribution in [0, 0.1) is 0 Å². The van der Waals surface area contributed by atoms with E-state index < -0.39 is 22.4 Å². The quantitative estimate of drug-likeness (QED) is 0.515. The minimum Gasteiger partial charge on any atom is -0.386 e. The number of rotatable bonds is 1. The highest BCUT2D eigenvalue weighted by Gasteiger charge is 2.18. The average Bonchev–Trinajstić information content (AvgIpc) is 2.94. The van der Waals surface area contributed by atoms with Crippen molar-refractivity contribution in [2.75, 3.05) is 0 Å². The molecule has 2 heterocycles. The molecule has 4 aromatic rings. The molecule has 0 amide bonds. The molecule has 0 N–H and O–H groups in total. The number of hydrogen-bond acceptors (Lipinski definition) is 5. The first-order valence-corrected chi connectivity index (χ1v) is 6.46. The molecule has 106 valence electrons. The van der Waals surface area contributed by atoms with Gasteiger partial charge >= 0.3 is 11.3 Å². The maximum atomic E-state index is 12.5. The monoisotopic (exact) mass is 293 g/mol. The minimum atomic E-state index is -0.804. The van der Waals surface area contributed by atoms with E-state index in [2.05, 4.69) is 4.42 Å². The molecule has 0 aliphatic heterocycles. The summed E-state index contributed by atoms with van der Waals surface area (Å²) in [4.78, 5) is 48.1. The number of aromatic nitrogens is 1. The molecule has 0 radical (unpaired) electrons. The van der Waals surface area contributed by atoms with Crippen LogP contribution >= 0.6 is 0 Å². The first-order chi connectivity index (χ1) is 10.6. The molecular weight excluding hydrogens is 286 g/mol. The fourth-order valence-corrected chi connectivity index (χ4v) is 2.63. The zero-order valence-electron chi connectivity index (χ0n) is 11.0. The summed E-state index contributed by atoms with van der Waals surface area (Å²) < 4.78 is 5.50. The summed E-state index contributed by atoms with van der Waals surface area (Å²) in [5.74, 6) is 0. The minimum absolute atomic E-state index is 0.0137. The second-order valence-electron chi connectivity index (χ2n) is 4.90. The Hall–Kier alpha value is -3.28. The van der Waals surface area contributed by atoms with E-state index in [1.807, 2.05) is 0 Å². The molecule has 2 aromatic carbocycles. The van der Waals surface area contributed by atoms with Gasteiger partial charge in [0.15, 0.2) is 0 Å². The van der Waals surface area contributed by atoms with Gasteiger partial charge in [0.2, 0.25) is 0 Å². The van der Waals surface area contributed by atoms with Gasteiger partial charge < -0.3 is 4.42 Å². The topological polar surface area (TPSA) is 86.3 Å². The molecule has 22 heavy (non-hydrogen) atoms. The fraction of sp³-hybridized carbons (Fsp3) is 0. The largest absolute Gasteiger partial charge is 0.386 e. The van der Waals surface area contributed by atoms with Gasteiger partial charge in [-0.1, -0.05) is 18.2 Å². The van der Waals surface area contributed by atoms with Gasteiger partial charge in [0, 0.05) is 0 Å². The van der Waals surface area contributed by atoms with Gasteiger partial charge in [-0.15, -0.1) is 0 Å². The van der Waals surface area contributed by atoms with Crippen LogP contribution in [0.2, 0.25) is 0 Å². The van der Waals surface area contributed by atoms with Crippen molar-refractivity contribution < 1.29 is 4.42 Å². The third-order valence-electron chi connectivity index (χ3n) is 3.66. The number of furan rings is 1. The lowest BCUT2D eigenvalue weighted by atomic mass is 10.1. The first-order valence-electron chi connectivity index (χ1n) is 6.46. The summed E-state index contributed by atoms with van der Waals surface area (Å²) in [6.07, 6.45) is 0. The predicted octanol–water partition coefficient (Wildman–Crippen LogP) is 0.693. The molecule has 6 heteroatoms. The summed E-state index contributed by atoms with van der Waals surface area (Å²) in [5, 5.41) is 0.220. The molecule has 6 nitrogen and oxygen atoms in total. The van der Waals surface area contributed by atoms with E-state index in [1.165, 1.54) is 12.1 Å². The Morgan fingerprint density at radius 3 is 1.68 bits per heavy atom. The second kappa shape index (κ2) is 4.11. The summed E-state index contributed by atoms with van der Waals surface area (Å²) in [7, 11) is 0. The second-order valence-corrected chi connectivity index (χ2v) is 4.90. The highest BCUT2D eigenvalue weighted by molar-refractivity contribution is 5.97. The molecule has 0 atom stereocenters. The Bertz CT molecular complexity index is 1160. The smallest absolute Gasteiger partial charge is 0.346 e. The molecule has 0 bridgehead atoms. The van der Waals surface area contributed by atoms with Crippen LogP contribution in [0.5, 0.6) is 0 Å². The lowest BCUT2D eigenvalue weighted by Crippen LogP contribution is -2.23. The van der Waals surface area contributed by atoms with Gasteiger partial charge in [-0.3, -0.25) is 9.59 Å². The standard InChI is InChI=1S/C16H7NO5/c18-13-9-6-11-12(16(21)22-15(11)20)7-10(9)14(19)17(13)8-4-2-1-3-5-8/h1-7H. The van der Waals surface area contributed by atoms with Crippen molar-refractivity contribution >= 4 is 21.5 Å². The maximum absolute atomic E-state index is 12.5. The van der Waals surface area contributed by atoms with E-state index in [0.29, 0.717) is 5.69 Å². The number of nitrogens with zero attached hydrogens (tertiary/aromatic N) is 1. The molecule has 0 fully saturated rings. The molecule has 0 aliphatic carbocycles. The molecule has 0 saturated carbocycles. The molecule has 0 spiro atoms. The Kier molecular flexibility index (Phi) is 2.33. The highest BCUT2D eigenvalue weighted by Crippen LogP contribution is 2.15. The summed E-state index contributed by atoms with van der Waals surface area (Å²) in [5.41, 5.74) is -2.23. The van der Waals surface area contributed by atoms with Gasteiger partial charge in [0.1, 0.15) is 0 Å². The number of hydrogen-bond donors (Lipinski definition) is 0. The zero-order chi connectivity index (χ0) is 15.4. The van der Waals surface area contributed by atoms with Gasteiger partial charge in [0.05, 0.1) is 27.2 Å². The molecule has 0 unspecified atom stereocenters. The van der Waals surface area contributed by atoms with Crippen LogP contribution in [0.15, 0.2) is 66.1 Å². The Morgan fingerprint density at radius 2 is 1.18 bits per heavy atom. The van der Waals surface area contributed by atoms with E-state index in [4.69, 9.17) is 0 Å². The van der Waals surface area contributed by atoms with Crippen LogP contribution < -0.4 is 22.4 Å². The van der Waals surface area contributed by atoms with Crippen LogP contribution in [-0.4, -0.2) is 4.57 Å². The normalized spacial score (nSPS) is 11.5. The maximum Gasteiger partial charge on any atom is 0.346 e. The van der Waals surface area contributed by atoms with Crippen LogP contribution in [0.4, 0.5) is 0 Å². The molecule has 4 rings (SSSR count). The van der Waals surface area contributed by atoms with Crippen molar-refractivity contribution in [1.29, 1.82) is 0 Å². The predicted molar refractivity (Wildman–Crippen MR) is 80.5 cm³/mol. The number of fused-ring (bicyclic) bond motifs is 2. The van der Waals surface area contributed by atoms with E-state index in [-0.39, 0.29) is 21.5 Å². The zero-order valence-corrected chi connectivity index (χ0v) is 11.0. The van der Waals surface area contributed by atoms with Crippen molar-refractivity contribution in [3.63, 3.8) is 0 Å². The number of para-hydroxylation sites is 1. The average molecular weight is 293 g/mol. The Balaban J connectivity index is 2.23.